The van der Waals surface area contributed by atoms with E-state index in [1.54, 1.807) is 18.9 Å². The Balaban J connectivity index is 2.37. The smallest absolute Gasteiger partial charge is 0.169 e. The number of hydrogen-bond acceptors (Lipinski definition) is 4. The minimum Gasteiger partial charge on any atom is -0.496 e. The van der Waals surface area contributed by atoms with Gasteiger partial charge in [-0.25, -0.2) is 0 Å². The third kappa shape index (κ3) is 4.95. The van der Waals surface area contributed by atoms with Crippen molar-refractivity contribution in [3.8, 4) is 5.75 Å². The summed E-state index contributed by atoms with van der Waals surface area (Å²) >= 11 is 1.75. The number of para-hydroxylation sites is 1. The average molecular weight is 356 g/mol. The van der Waals surface area contributed by atoms with Crippen LogP contribution in [0.5, 0.6) is 5.75 Å². The maximum atomic E-state index is 13.0. The number of ketones is 1. The molecule has 25 heavy (non-hydrogen) atoms. The zero-order valence-electron chi connectivity index (χ0n) is 15.3. The molecule has 0 N–H and O–H groups in total. The third-order valence-electron chi connectivity index (χ3n) is 4.10. The van der Waals surface area contributed by atoms with E-state index < -0.39 is 0 Å². The molecule has 2 rings (SSSR count). The molecule has 0 fully saturated rings. The average Bonchev–Trinajstić information content (AvgIpc) is 2.61. The Morgan fingerprint density at radius 2 is 1.76 bits per heavy atom. The molecule has 0 saturated heterocycles. The molecule has 0 aliphatic heterocycles. The fraction of sp³-hybridized carbons (Fsp3) is 0.333. The molecule has 0 bridgehead atoms. The zero-order valence-corrected chi connectivity index (χ0v) is 16.2. The largest absolute Gasteiger partial charge is 0.496 e. The number of benzene rings is 2. The highest BCUT2D eigenvalue weighted by atomic mass is 32.2. The van der Waals surface area contributed by atoms with Crippen molar-refractivity contribution in [1.29, 1.82) is 0 Å². The van der Waals surface area contributed by atoms with Crippen LogP contribution in [0.4, 0.5) is 0 Å². The van der Waals surface area contributed by atoms with Crippen molar-refractivity contribution in [2.45, 2.75) is 20.3 Å². The topological polar surface area (TPSA) is 38.7 Å². The maximum Gasteiger partial charge on any atom is 0.169 e. The van der Waals surface area contributed by atoms with E-state index in [2.05, 4.69) is 6.26 Å². The summed E-state index contributed by atoms with van der Waals surface area (Å²) in [7, 11) is 1.64. The number of nitrogens with zero attached hydrogens (tertiary/aromatic N) is 1. The lowest BCUT2D eigenvalue weighted by atomic mass is 9.94. The van der Waals surface area contributed by atoms with Gasteiger partial charge in [-0.2, -0.15) is 11.8 Å². The molecule has 0 unspecified atom stereocenters. The Kier molecular flexibility index (Phi) is 7.26. The number of thioether (sulfide) groups is 1. The number of carbonyl (C=O) groups excluding carboxylic acids is 1. The molecular formula is C21H25NO2S. The molecule has 4 heteroatoms. The van der Waals surface area contributed by atoms with Crippen LogP contribution >= 0.6 is 11.8 Å². The van der Waals surface area contributed by atoms with E-state index in [0.717, 1.165) is 39.5 Å². The van der Waals surface area contributed by atoms with Gasteiger partial charge in [-0.05, 0) is 43.4 Å². The van der Waals surface area contributed by atoms with Crippen molar-refractivity contribution in [3.63, 3.8) is 0 Å². The fourth-order valence-electron chi connectivity index (χ4n) is 2.89. The predicted molar refractivity (Wildman–Crippen MR) is 108 cm³/mol. The molecule has 2 aromatic carbocycles. The summed E-state index contributed by atoms with van der Waals surface area (Å²) in [5.41, 5.74) is 4.50. The van der Waals surface area contributed by atoms with Crippen molar-refractivity contribution < 1.29 is 9.53 Å². The van der Waals surface area contributed by atoms with Crippen LogP contribution in [-0.2, 0) is 0 Å². The minimum absolute atomic E-state index is 0.101. The number of carbonyl (C=O) groups is 1. The van der Waals surface area contributed by atoms with Gasteiger partial charge < -0.3 is 4.74 Å². The van der Waals surface area contributed by atoms with Crippen molar-refractivity contribution >= 4 is 23.3 Å². The normalized spacial score (nSPS) is 11.4. The summed E-state index contributed by atoms with van der Waals surface area (Å²) < 4.78 is 5.47. The number of rotatable bonds is 8. The lowest BCUT2D eigenvalue weighted by Gasteiger charge is -2.13. The summed E-state index contributed by atoms with van der Waals surface area (Å²) in [6, 6.07) is 13.7. The number of hydrogen-bond donors (Lipinski definition) is 0. The lowest BCUT2D eigenvalue weighted by Crippen LogP contribution is -2.14. The van der Waals surface area contributed by atoms with Crippen LogP contribution in [0.2, 0.25) is 0 Å². The van der Waals surface area contributed by atoms with Gasteiger partial charge in [0.15, 0.2) is 5.78 Å². The number of aryl methyl sites for hydroxylation is 2. The first-order valence-electron chi connectivity index (χ1n) is 8.33. The second-order valence-corrected chi connectivity index (χ2v) is 6.87. The second kappa shape index (κ2) is 9.42. The molecule has 0 spiro atoms. The predicted octanol–water partition coefficient (Wildman–Crippen LogP) is 4.74. The fourth-order valence-corrected chi connectivity index (χ4v) is 3.16. The Morgan fingerprint density at radius 1 is 1.08 bits per heavy atom. The van der Waals surface area contributed by atoms with Gasteiger partial charge in [0.25, 0.3) is 0 Å². The first-order chi connectivity index (χ1) is 12.1. The summed E-state index contributed by atoms with van der Waals surface area (Å²) in [6.45, 7) is 4.65. The molecule has 3 nitrogen and oxygen atoms in total. The quantitative estimate of drug-likeness (QED) is 0.390. The molecule has 0 radical (unpaired) electrons. The molecule has 0 heterocycles. The first-order valence-corrected chi connectivity index (χ1v) is 9.73. The Morgan fingerprint density at radius 3 is 2.40 bits per heavy atom. The summed E-state index contributed by atoms with van der Waals surface area (Å²) in [6.07, 6.45) is 2.33. The van der Waals surface area contributed by atoms with Crippen LogP contribution in [0.15, 0.2) is 47.5 Å². The number of aliphatic imine (C=N–C) groups is 1. The van der Waals surface area contributed by atoms with E-state index in [0.29, 0.717) is 6.54 Å². The molecule has 0 aliphatic rings. The number of ether oxygens (including phenoxy) is 1. The second-order valence-electron chi connectivity index (χ2n) is 5.89. The van der Waals surface area contributed by atoms with E-state index in [4.69, 9.17) is 9.73 Å². The molecule has 0 aromatic heterocycles. The molecule has 0 amide bonds. The van der Waals surface area contributed by atoms with Gasteiger partial charge in [-0.3, -0.25) is 9.79 Å². The van der Waals surface area contributed by atoms with E-state index in [-0.39, 0.29) is 12.2 Å². The third-order valence-corrected chi connectivity index (χ3v) is 4.69. The Labute approximate surface area is 154 Å². The number of methoxy groups -OCH3 is 1. The molecule has 0 aliphatic carbocycles. The van der Waals surface area contributed by atoms with Crippen molar-refractivity contribution in [1.82, 2.24) is 0 Å². The van der Waals surface area contributed by atoms with Crippen LogP contribution in [-0.4, -0.2) is 37.2 Å². The molecule has 0 saturated carbocycles. The SMILES string of the molecule is COc1ccccc1C(CC(=O)c1c(C)cccc1C)=NCCSC. The lowest BCUT2D eigenvalue weighted by molar-refractivity contribution is 0.0999. The summed E-state index contributed by atoms with van der Waals surface area (Å²) in [5, 5.41) is 0. The van der Waals surface area contributed by atoms with E-state index in [1.807, 2.05) is 56.3 Å². The molecule has 132 valence electrons. The highest BCUT2D eigenvalue weighted by Crippen LogP contribution is 2.22. The first kappa shape index (κ1) is 19.3. The van der Waals surface area contributed by atoms with Gasteiger partial charge in [0, 0.05) is 23.4 Å². The van der Waals surface area contributed by atoms with Crippen molar-refractivity contribution in [2.75, 3.05) is 25.7 Å². The van der Waals surface area contributed by atoms with Gasteiger partial charge in [-0.15, -0.1) is 0 Å². The van der Waals surface area contributed by atoms with E-state index in [9.17, 15) is 4.79 Å². The summed E-state index contributed by atoms with van der Waals surface area (Å²) in [4.78, 5) is 17.7. The highest BCUT2D eigenvalue weighted by molar-refractivity contribution is 7.98. The van der Waals surface area contributed by atoms with Crippen LogP contribution in [0.1, 0.15) is 33.5 Å². The Hall–Kier alpha value is -2.07. The Bertz CT molecular complexity index is 748. The van der Waals surface area contributed by atoms with Gasteiger partial charge in [-0.1, -0.05) is 30.3 Å². The van der Waals surface area contributed by atoms with Gasteiger partial charge >= 0.3 is 0 Å². The van der Waals surface area contributed by atoms with Crippen LogP contribution in [0.25, 0.3) is 0 Å². The highest BCUT2D eigenvalue weighted by Gasteiger charge is 2.18. The van der Waals surface area contributed by atoms with Crippen molar-refractivity contribution in [3.05, 3.63) is 64.7 Å². The van der Waals surface area contributed by atoms with Gasteiger partial charge in [0.05, 0.1) is 19.2 Å². The maximum absolute atomic E-state index is 13.0. The van der Waals surface area contributed by atoms with Crippen LogP contribution in [0.3, 0.4) is 0 Å². The molecule has 2 aromatic rings. The monoisotopic (exact) mass is 355 g/mol. The zero-order chi connectivity index (χ0) is 18.2. The summed E-state index contributed by atoms with van der Waals surface area (Å²) in [5.74, 6) is 1.78. The van der Waals surface area contributed by atoms with Crippen LogP contribution < -0.4 is 4.74 Å². The van der Waals surface area contributed by atoms with Gasteiger partial charge in [0.1, 0.15) is 5.75 Å². The minimum atomic E-state index is 0.101. The van der Waals surface area contributed by atoms with Crippen LogP contribution in [0, 0.1) is 13.8 Å². The van der Waals surface area contributed by atoms with E-state index in [1.165, 1.54) is 0 Å². The molecule has 0 atom stereocenters. The molecular weight excluding hydrogens is 330 g/mol. The van der Waals surface area contributed by atoms with E-state index >= 15 is 0 Å². The standard InChI is InChI=1S/C21H25NO2S/c1-15-8-7-9-16(2)21(15)19(23)14-18(22-12-13-25-4)17-10-5-6-11-20(17)24-3/h5-11H,12-14H2,1-4H3. The number of Topliss-reactive ketones (excluding diaryl/α,β-unsaturated/α-hetero) is 1. The van der Waals surface area contributed by atoms with Gasteiger partial charge in [0.2, 0.25) is 0 Å². The van der Waals surface area contributed by atoms with Crippen molar-refractivity contribution in [2.24, 2.45) is 4.99 Å².